The number of hydrogen-bond acceptors (Lipinski definition) is 6. The van der Waals surface area contributed by atoms with Gasteiger partial charge in [-0.3, -0.25) is 9.69 Å². The predicted octanol–water partition coefficient (Wildman–Crippen LogP) is 1.16. The highest BCUT2D eigenvalue weighted by Crippen LogP contribution is 2.20. The zero-order valence-electron chi connectivity index (χ0n) is 10.9. The molecule has 0 amide bonds. The van der Waals surface area contributed by atoms with E-state index < -0.39 is 0 Å². The van der Waals surface area contributed by atoms with Gasteiger partial charge in [0.05, 0.1) is 13.2 Å². The third-order valence-electron chi connectivity index (χ3n) is 3.09. The van der Waals surface area contributed by atoms with Gasteiger partial charge in [-0.1, -0.05) is 12.1 Å². The summed E-state index contributed by atoms with van der Waals surface area (Å²) in [6.07, 6.45) is 2.59. The monoisotopic (exact) mass is 253 g/mol. The van der Waals surface area contributed by atoms with Crippen LogP contribution in [0.4, 0.5) is 0 Å². The second kappa shape index (κ2) is 5.95. The lowest BCUT2D eigenvalue weighted by atomic mass is 10.2. The van der Waals surface area contributed by atoms with Gasteiger partial charge in [0.15, 0.2) is 5.82 Å². The highest BCUT2D eigenvalue weighted by molar-refractivity contribution is 5.76. The number of likely N-dealkylation sites (tertiary alicyclic amines) is 1. The molecule has 1 saturated heterocycles. The van der Waals surface area contributed by atoms with Crippen LogP contribution in [0.1, 0.15) is 38.4 Å². The van der Waals surface area contributed by atoms with Crippen LogP contribution in [0.25, 0.3) is 0 Å². The van der Waals surface area contributed by atoms with Crippen LogP contribution < -0.4 is 0 Å². The molecular formula is C12H19N3O3. The molecule has 1 aromatic rings. The number of nitrogens with zero attached hydrogens (tertiary/aromatic N) is 3. The third kappa shape index (κ3) is 2.87. The van der Waals surface area contributed by atoms with Gasteiger partial charge in [-0.2, -0.15) is 4.98 Å². The van der Waals surface area contributed by atoms with Gasteiger partial charge in [0, 0.05) is 6.42 Å². The number of aromatic nitrogens is 2. The molecule has 1 aliphatic rings. The Morgan fingerprint density at radius 1 is 1.56 bits per heavy atom. The number of ether oxygens (including phenoxy) is 1. The molecule has 100 valence electrons. The van der Waals surface area contributed by atoms with Crippen LogP contribution in [0, 0.1) is 0 Å². The van der Waals surface area contributed by atoms with Crippen LogP contribution in [0.2, 0.25) is 0 Å². The van der Waals surface area contributed by atoms with E-state index in [1.54, 1.807) is 0 Å². The minimum Gasteiger partial charge on any atom is -0.465 e. The molecule has 2 heterocycles. The molecule has 1 aromatic heterocycles. The number of carbonyl (C=O) groups is 1. The maximum absolute atomic E-state index is 11.8. The van der Waals surface area contributed by atoms with E-state index in [1.807, 2.05) is 18.7 Å². The molecular weight excluding hydrogens is 234 g/mol. The van der Waals surface area contributed by atoms with E-state index in [0.717, 1.165) is 25.8 Å². The number of rotatable bonds is 5. The molecule has 6 nitrogen and oxygen atoms in total. The first kappa shape index (κ1) is 13.0. The minimum absolute atomic E-state index is 0.148. The van der Waals surface area contributed by atoms with Gasteiger partial charge in [-0.05, 0) is 26.3 Å². The van der Waals surface area contributed by atoms with Crippen LogP contribution in [0.3, 0.4) is 0 Å². The number of hydrogen-bond donors (Lipinski definition) is 0. The summed E-state index contributed by atoms with van der Waals surface area (Å²) in [5.41, 5.74) is 0. The highest BCUT2D eigenvalue weighted by Gasteiger charge is 2.32. The number of carbonyl (C=O) groups excluding carboxylic acids is 1. The van der Waals surface area contributed by atoms with Crippen molar-refractivity contribution in [2.45, 2.75) is 45.7 Å². The van der Waals surface area contributed by atoms with Crippen LogP contribution in [-0.2, 0) is 22.5 Å². The van der Waals surface area contributed by atoms with Crippen LogP contribution in [0.5, 0.6) is 0 Å². The Balaban J connectivity index is 1.97. The summed E-state index contributed by atoms with van der Waals surface area (Å²) in [6.45, 7) is 5.61. The second-order valence-electron chi connectivity index (χ2n) is 4.34. The molecule has 0 radical (unpaired) electrons. The fourth-order valence-electron chi connectivity index (χ4n) is 2.19. The molecule has 1 aliphatic heterocycles. The van der Waals surface area contributed by atoms with Crippen LogP contribution >= 0.6 is 0 Å². The zero-order chi connectivity index (χ0) is 13.0. The summed E-state index contributed by atoms with van der Waals surface area (Å²) < 4.78 is 10.2. The summed E-state index contributed by atoms with van der Waals surface area (Å²) in [5.74, 6) is 1.13. The van der Waals surface area contributed by atoms with Crippen molar-refractivity contribution in [3.8, 4) is 0 Å². The average Bonchev–Trinajstić information content (AvgIpc) is 2.99. The third-order valence-corrected chi connectivity index (χ3v) is 3.09. The molecule has 18 heavy (non-hydrogen) atoms. The van der Waals surface area contributed by atoms with Gasteiger partial charge in [-0.25, -0.2) is 0 Å². The summed E-state index contributed by atoms with van der Waals surface area (Å²) in [7, 11) is 0. The van der Waals surface area contributed by atoms with Crippen molar-refractivity contribution >= 4 is 5.97 Å². The fourth-order valence-corrected chi connectivity index (χ4v) is 2.19. The lowest BCUT2D eigenvalue weighted by Crippen LogP contribution is -2.36. The first-order chi connectivity index (χ1) is 8.74. The first-order valence-electron chi connectivity index (χ1n) is 6.46. The Kier molecular flexibility index (Phi) is 4.30. The quantitative estimate of drug-likeness (QED) is 0.733. The van der Waals surface area contributed by atoms with Gasteiger partial charge in [-0.15, -0.1) is 0 Å². The van der Waals surface area contributed by atoms with Crippen molar-refractivity contribution < 1.29 is 14.1 Å². The zero-order valence-corrected chi connectivity index (χ0v) is 10.9. The Hall–Kier alpha value is -1.43. The molecule has 0 saturated carbocycles. The second-order valence-corrected chi connectivity index (χ2v) is 4.34. The maximum atomic E-state index is 11.8. The van der Waals surface area contributed by atoms with Crippen LogP contribution in [-0.4, -0.2) is 40.2 Å². The molecule has 0 bridgehead atoms. The van der Waals surface area contributed by atoms with E-state index in [9.17, 15) is 4.79 Å². The molecule has 0 aliphatic carbocycles. The smallest absolute Gasteiger partial charge is 0.323 e. The predicted molar refractivity (Wildman–Crippen MR) is 63.7 cm³/mol. The summed E-state index contributed by atoms with van der Waals surface area (Å²) in [4.78, 5) is 18.1. The fraction of sp³-hybridized carbons (Fsp3) is 0.750. The van der Waals surface area contributed by atoms with Crippen LogP contribution in [0.15, 0.2) is 4.52 Å². The Labute approximate surface area is 106 Å². The van der Waals surface area contributed by atoms with Crippen molar-refractivity contribution in [1.29, 1.82) is 0 Å². The maximum Gasteiger partial charge on any atom is 0.323 e. The van der Waals surface area contributed by atoms with Gasteiger partial charge in [0.1, 0.15) is 6.04 Å². The largest absolute Gasteiger partial charge is 0.465 e. The van der Waals surface area contributed by atoms with Gasteiger partial charge >= 0.3 is 5.97 Å². The lowest BCUT2D eigenvalue weighted by Gasteiger charge is -2.20. The Bertz CT molecular complexity index is 405. The molecule has 0 N–H and O–H groups in total. The molecule has 0 spiro atoms. The highest BCUT2D eigenvalue weighted by atomic mass is 16.5. The lowest BCUT2D eigenvalue weighted by molar-refractivity contribution is -0.148. The Morgan fingerprint density at radius 3 is 3.06 bits per heavy atom. The normalized spacial score (nSPS) is 20.2. The van der Waals surface area contributed by atoms with E-state index in [1.165, 1.54) is 0 Å². The molecule has 6 heteroatoms. The summed E-state index contributed by atoms with van der Waals surface area (Å²) >= 11 is 0. The standard InChI is InChI=1S/C12H19N3O3/c1-3-10-13-11(18-14-10)8-15-7-5-6-9(15)12(16)17-4-2/h9H,3-8H2,1-2H3. The van der Waals surface area contributed by atoms with Crippen molar-refractivity contribution in [2.75, 3.05) is 13.2 Å². The van der Waals surface area contributed by atoms with Gasteiger partial charge in [0.2, 0.25) is 5.89 Å². The first-order valence-corrected chi connectivity index (χ1v) is 6.46. The van der Waals surface area contributed by atoms with E-state index in [-0.39, 0.29) is 12.0 Å². The Morgan fingerprint density at radius 2 is 2.39 bits per heavy atom. The minimum atomic E-state index is -0.165. The van der Waals surface area contributed by atoms with Gasteiger partial charge < -0.3 is 9.26 Å². The van der Waals surface area contributed by atoms with E-state index in [0.29, 0.717) is 24.9 Å². The van der Waals surface area contributed by atoms with E-state index in [4.69, 9.17) is 9.26 Å². The number of esters is 1. The van der Waals surface area contributed by atoms with Crippen molar-refractivity contribution in [3.63, 3.8) is 0 Å². The van der Waals surface area contributed by atoms with Gasteiger partial charge in [0.25, 0.3) is 0 Å². The SMILES string of the molecule is CCOC(=O)C1CCCN1Cc1nc(CC)no1. The number of aryl methyl sites for hydroxylation is 1. The topological polar surface area (TPSA) is 68.5 Å². The molecule has 1 fully saturated rings. The van der Waals surface area contributed by atoms with Crippen molar-refractivity contribution in [2.24, 2.45) is 0 Å². The van der Waals surface area contributed by atoms with Crippen molar-refractivity contribution in [3.05, 3.63) is 11.7 Å². The average molecular weight is 253 g/mol. The van der Waals surface area contributed by atoms with E-state index in [2.05, 4.69) is 10.1 Å². The molecule has 1 unspecified atom stereocenters. The summed E-state index contributed by atoms with van der Waals surface area (Å²) in [5, 5.41) is 3.85. The van der Waals surface area contributed by atoms with E-state index >= 15 is 0 Å². The molecule has 0 aromatic carbocycles. The van der Waals surface area contributed by atoms with Crippen molar-refractivity contribution in [1.82, 2.24) is 15.0 Å². The summed E-state index contributed by atoms with van der Waals surface area (Å²) in [6, 6.07) is -0.165. The molecule has 2 rings (SSSR count). The molecule has 1 atom stereocenters.